The Morgan fingerprint density at radius 2 is 2.25 bits per heavy atom. The predicted octanol–water partition coefficient (Wildman–Crippen LogP) is 1.13. The quantitative estimate of drug-likeness (QED) is 0.865. The summed E-state index contributed by atoms with van der Waals surface area (Å²) in [4.78, 5) is 12.1. The lowest BCUT2D eigenvalue weighted by Gasteiger charge is -2.24. The number of carbonyl (C=O) groups is 1. The number of nitrogens with one attached hydrogen (secondary N) is 2. The van der Waals surface area contributed by atoms with E-state index in [1.54, 1.807) is 0 Å². The first-order valence-corrected chi connectivity index (χ1v) is 7.37. The van der Waals surface area contributed by atoms with Crippen LogP contribution in [0.4, 0.5) is 0 Å². The lowest BCUT2D eigenvalue weighted by molar-refractivity contribution is -0.134. The normalized spacial score (nSPS) is 24.1. The third kappa shape index (κ3) is 2.72. The monoisotopic (exact) mass is 274 g/mol. The summed E-state index contributed by atoms with van der Waals surface area (Å²) in [5.41, 5.74) is 2.85. The SMILES string of the molecule is Cc1ccccc1C1(CNC(=O)C2CNCCO2)CC1. The third-order valence-corrected chi connectivity index (χ3v) is 4.39. The fourth-order valence-corrected chi connectivity index (χ4v) is 2.96. The highest BCUT2D eigenvalue weighted by molar-refractivity contribution is 5.81. The number of carbonyl (C=O) groups excluding carboxylic acids is 1. The molecule has 0 aromatic heterocycles. The number of rotatable bonds is 4. The number of ether oxygens (including phenoxy) is 1. The van der Waals surface area contributed by atoms with Crippen LogP contribution in [0.5, 0.6) is 0 Å². The molecule has 1 atom stereocenters. The van der Waals surface area contributed by atoms with Gasteiger partial charge in [-0.15, -0.1) is 0 Å². The Labute approximate surface area is 119 Å². The topological polar surface area (TPSA) is 50.4 Å². The minimum Gasteiger partial charge on any atom is -0.366 e. The maximum Gasteiger partial charge on any atom is 0.250 e. The molecule has 0 bridgehead atoms. The minimum absolute atomic E-state index is 0.0112. The molecule has 0 spiro atoms. The molecule has 1 amide bonds. The highest BCUT2D eigenvalue weighted by atomic mass is 16.5. The van der Waals surface area contributed by atoms with E-state index in [1.807, 2.05) is 0 Å². The molecule has 1 saturated heterocycles. The van der Waals surface area contributed by atoms with E-state index in [-0.39, 0.29) is 17.4 Å². The number of aryl methyl sites for hydroxylation is 1. The zero-order valence-electron chi connectivity index (χ0n) is 11.9. The van der Waals surface area contributed by atoms with Gasteiger partial charge in [-0.1, -0.05) is 24.3 Å². The van der Waals surface area contributed by atoms with Crippen LogP contribution in [0.2, 0.25) is 0 Å². The van der Waals surface area contributed by atoms with E-state index < -0.39 is 0 Å². The van der Waals surface area contributed by atoms with E-state index in [4.69, 9.17) is 4.74 Å². The Bertz CT molecular complexity index is 491. The van der Waals surface area contributed by atoms with E-state index >= 15 is 0 Å². The van der Waals surface area contributed by atoms with Crippen LogP contribution >= 0.6 is 0 Å². The largest absolute Gasteiger partial charge is 0.366 e. The molecule has 1 unspecified atom stereocenters. The number of amides is 1. The molecule has 0 radical (unpaired) electrons. The van der Waals surface area contributed by atoms with Crippen LogP contribution in [0.3, 0.4) is 0 Å². The molecule has 1 aliphatic heterocycles. The van der Waals surface area contributed by atoms with Gasteiger partial charge in [0.1, 0.15) is 6.10 Å². The van der Waals surface area contributed by atoms with Crippen molar-refractivity contribution in [3.8, 4) is 0 Å². The molecule has 4 nitrogen and oxygen atoms in total. The van der Waals surface area contributed by atoms with Gasteiger partial charge in [0.25, 0.3) is 0 Å². The van der Waals surface area contributed by atoms with Crippen molar-refractivity contribution in [2.24, 2.45) is 0 Å². The summed E-state index contributed by atoms with van der Waals surface area (Å²) < 4.78 is 5.48. The molecule has 20 heavy (non-hydrogen) atoms. The van der Waals surface area contributed by atoms with Crippen molar-refractivity contribution in [3.63, 3.8) is 0 Å². The van der Waals surface area contributed by atoms with Gasteiger partial charge in [-0.05, 0) is 30.9 Å². The van der Waals surface area contributed by atoms with Crippen molar-refractivity contribution < 1.29 is 9.53 Å². The number of morpholine rings is 1. The highest BCUT2D eigenvalue weighted by Gasteiger charge is 2.45. The second kappa shape index (κ2) is 5.54. The molecule has 108 valence electrons. The molecule has 3 rings (SSSR count). The first-order chi connectivity index (χ1) is 9.71. The van der Waals surface area contributed by atoms with Crippen molar-refractivity contribution in [3.05, 3.63) is 35.4 Å². The van der Waals surface area contributed by atoms with Crippen LogP contribution in [-0.4, -0.2) is 38.3 Å². The first-order valence-electron chi connectivity index (χ1n) is 7.37. The van der Waals surface area contributed by atoms with Crippen LogP contribution in [0, 0.1) is 6.92 Å². The second-order valence-electron chi connectivity index (χ2n) is 5.88. The lowest BCUT2D eigenvalue weighted by Crippen LogP contribution is -2.49. The summed E-state index contributed by atoms with van der Waals surface area (Å²) in [6.45, 7) is 4.92. The van der Waals surface area contributed by atoms with E-state index in [0.29, 0.717) is 13.2 Å². The molecule has 1 heterocycles. The van der Waals surface area contributed by atoms with Crippen molar-refractivity contribution in [1.82, 2.24) is 10.6 Å². The van der Waals surface area contributed by atoms with Gasteiger partial charge in [0.2, 0.25) is 5.91 Å². The summed E-state index contributed by atoms with van der Waals surface area (Å²) in [7, 11) is 0. The lowest BCUT2D eigenvalue weighted by atomic mass is 9.92. The van der Waals surface area contributed by atoms with E-state index in [0.717, 1.165) is 25.9 Å². The van der Waals surface area contributed by atoms with Gasteiger partial charge in [-0.2, -0.15) is 0 Å². The molecular weight excluding hydrogens is 252 g/mol. The van der Waals surface area contributed by atoms with E-state index in [9.17, 15) is 4.79 Å². The third-order valence-electron chi connectivity index (χ3n) is 4.39. The van der Waals surface area contributed by atoms with Crippen LogP contribution in [-0.2, 0) is 14.9 Å². The van der Waals surface area contributed by atoms with E-state index in [2.05, 4.69) is 41.8 Å². The number of hydrogen-bond donors (Lipinski definition) is 2. The molecule has 2 aliphatic rings. The summed E-state index contributed by atoms with van der Waals surface area (Å²) in [5, 5.41) is 6.26. The summed E-state index contributed by atoms with van der Waals surface area (Å²) in [6, 6.07) is 8.48. The molecule has 4 heteroatoms. The average molecular weight is 274 g/mol. The maximum absolute atomic E-state index is 12.1. The zero-order chi connectivity index (χ0) is 14.0. The number of benzene rings is 1. The molecule has 1 saturated carbocycles. The first kappa shape index (κ1) is 13.6. The van der Waals surface area contributed by atoms with Crippen LogP contribution in [0.25, 0.3) is 0 Å². The Morgan fingerprint density at radius 1 is 1.45 bits per heavy atom. The van der Waals surface area contributed by atoms with Crippen LogP contribution in [0.1, 0.15) is 24.0 Å². The fraction of sp³-hybridized carbons (Fsp3) is 0.562. The van der Waals surface area contributed by atoms with Gasteiger partial charge in [-0.3, -0.25) is 4.79 Å². The molecule has 2 fully saturated rings. The van der Waals surface area contributed by atoms with Gasteiger partial charge >= 0.3 is 0 Å². The van der Waals surface area contributed by atoms with Crippen LogP contribution < -0.4 is 10.6 Å². The number of hydrogen-bond acceptors (Lipinski definition) is 3. The van der Waals surface area contributed by atoms with Crippen LogP contribution in [0.15, 0.2) is 24.3 Å². The van der Waals surface area contributed by atoms with Crippen molar-refractivity contribution in [2.75, 3.05) is 26.2 Å². The predicted molar refractivity (Wildman–Crippen MR) is 77.7 cm³/mol. The minimum atomic E-state index is -0.337. The Hall–Kier alpha value is -1.39. The van der Waals surface area contributed by atoms with Gasteiger partial charge in [-0.25, -0.2) is 0 Å². The average Bonchev–Trinajstić information content (AvgIpc) is 3.27. The van der Waals surface area contributed by atoms with Gasteiger partial charge < -0.3 is 15.4 Å². The standard InChI is InChI=1S/C16H22N2O2/c1-12-4-2-3-5-13(12)16(6-7-16)11-18-15(19)14-10-17-8-9-20-14/h2-5,14,17H,6-11H2,1H3,(H,18,19). The highest BCUT2D eigenvalue weighted by Crippen LogP contribution is 2.48. The van der Waals surface area contributed by atoms with Crippen molar-refractivity contribution >= 4 is 5.91 Å². The van der Waals surface area contributed by atoms with Crippen molar-refractivity contribution in [1.29, 1.82) is 0 Å². The Kier molecular flexibility index (Phi) is 3.76. The molecule has 1 aromatic carbocycles. The molecular formula is C16H22N2O2. The summed E-state index contributed by atoms with van der Waals surface area (Å²) in [6.07, 6.45) is 1.97. The fourth-order valence-electron chi connectivity index (χ4n) is 2.96. The molecule has 1 aromatic rings. The van der Waals surface area contributed by atoms with E-state index in [1.165, 1.54) is 11.1 Å². The van der Waals surface area contributed by atoms with Crippen molar-refractivity contribution in [2.45, 2.75) is 31.3 Å². The van der Waals surface area contributed by atoms with Gasteiger partial charge in [0.05, 0.1) is 6.61 Å². The Balaban J connectivity index is 1.60. The zero-order valence-corrected chi connectivity index (χ0v) is 11.9. The Morgan fingerprint density at radius 3 is 2.90 bits per heavy atom. The van der Waals surface area contributed by atoms with Gasteiger partial charge in [0.15, 0.2) is 0 Å². The molecule has 1 aliphatic carbocycles. The summed E-state index contributed by atoms with van der Waals surface area (Å²) in [5.74, 6) is 0.0112. The molecule has 2 N–H and O–H groups in total. The van der Waals surface area contributed by atoms with Gasteiger partial charge in [0, 0.05) is 25.0 Å². The summed E-state index contributed by atoms with van der Waals surface area (Å²) >= 11 is 0. The smallest absolute Gasteiger partial charge is 0.250 e. The second-order valence-corrected chi connectivity index (χ2v) is 5.88. The maximum atomic E-state index is 12.1.